The Morgan fingerprint density at radius 2 is 1.96 bits per heavy atom. The highest BCUT2D eigenvalue weighted by atomic mass is 35.5. The fraction of sp³-hybridized carbons (Fsp3) is 0.500. The highest BCUT2D eigenvalue weighted by Crippen LogP contribution is 2.42. The van der Waals surface area contributed by atoms with Crippen LogP contribution in [0.3, 0.4) is 0 Å². The highest BCUT2D eigenvalue weighted by molar-refractivity contribution is 6.30. The number of carbonyl (C=O) groups is 1. The van der Waals surface area contributed by atoms with Gasteiger partial charge in [-0.05, 0) is 30.5 Å². The van der Waals surface area contributed by atoms with E-state index in [-0.39, 0.29) is 18.5 Å². The van der Waals surface area contributed by atoms with E-state index in [9.17, 15) is 4.79 Å². The molecule has 3 rings (SSSR count). The molecule has 0 amide bonds. The van der Waals surface area contributed by atoms with Crippen LogP contribution in [0.2, 0.25) is 5.02 Å². The molecule has 2 aromatic rings. The molecule has 128 valence electrons. The van der Waals surface area contributed by atoms with E-state index < -0.39 is 5.41 Å². The van der Waals surface area contributed by atoms with Gasteiger partial charge in [0.1, 0.15) is 0 Å². The third kappa shape index (κ3) is 3.31. The summed E-state index contributed by atoms with van der Waals surface area (Å²) in [6, 6.07) is 7.46. The first-order chi connectivity index (χ1) is 11.5. The van der Waals surface area contributed by atoms with E-state index in [2.05, 4.69) is 10.1 Å². The zero-order chi connectivity index (χ0) is 17.2. The smallest absolute Gasteiger partial charge is 0.317 e. The van der Waals surface area contributed by atoms with Crippen LogP contribution >= 0.6 is 11.6 Å². The Morgan fingerprint density at radius 1 is 1.29 bits per heavy atom. The second-order valence-electron chi connectivity index (χ2n) is 6.57. The molecule has 1 fully saturated rings. The van der Waals surface area contributed by atoms with Gasteiger partial charge < -0.3 is 9.26 Å². The molecular weight excluding hydrogens is 328 g/mol. The molecule has 24 heavy (non-hydrogen) atoms. The van der Waals surface area contributed by atoms with Crippen LogP contribution in [0.25, 0.3) is 0 Å². The molecule has 0 saturated heterocycles. The number of ether oxygens (including phenoxy) is 1. The van der Waals surface area contributed by atoms with Gasteiger partial charge in [-0.15, -0.1) is 0 Å². The molecule has 0 bridgehead atoms. The van der Waals surface area contributed by atoms with Gasteiger partial charge in [0.05, 0.1) is 5.41 Å². The number of hydrogen-bond acceptors (Lipinski definition) is 5. The molecule has 1 aliphatic rings. The predicted octanol–water partition coefficient (Wildman–Crippen LogP) is 4.40. The van der Waals surface area contributed by atoms with E-state index in [4.69, 9.17) is 20.9 Å². The van der Waals surface area contributed by atoms with Gasteiger partial charge >= 0.3 is 5.97 Å². The molecule has 5 nitrogen and oxygen atoms in total. The van der Waals surface area contributed by atoms with Crippen LogP contribution in [0.5, 0.6) is 0 Å². The van der Waals surface area contributed by atoms with Crippen molar-refractivity contribution < 1.29 is 14.1 Å². The van der Waals surface area contributed by atoms with Crippen molar-refractivity contribution in [3.05, 3.63) is 46.6 Å². The summed E-state index contributed by atoms with van der Waals surface area (Å²) in [6.07, 6.45) is 3.59. The van der Waals surface area contributed by atoms with Crippen molar-refractivity contribution >= 4 is 17.6 Å². The molecule has 1 aromatic heterocycles. The number of halogens is 1. The second-order valence-corrected chi connectivity index (χ2v) is 7.01. The van der Waals surface area contributed by atoms with E-state index >= 15 is 0 Å². The minimum Gasteiger partial charge on any atom is -0.455 e. The van der Waals surface area contributed by atoms with Crippen LogP contribution in [0.15, 0.2) is 28.8 Å². The summed E-state index contributed by atoms with van der Waals surface area (Å²) in [4.78, 5) is 17.1. The van der Waals surface area contributed by atoms with E-state index in [1.807, 2.05) is 38.1 Å². The van der Waals surface area contributed by atoms with Gasteiger partial charge in [0, 0.05) is 10.9 Å². The van der Waals surface area contributed by atoms with Crippen molar-refractivity contribution in [3.63, 3.8) is 0 Å². The molecule has 1 saturated carbocycles. The molecule has 0 aliphatic heterocycles. The quantitative estimate of drug-likeness (QED) is 0.749. The Morgan fingerprint density at radius 3 is 2.54 bits per heavy atom. The van der Waals surface area contributed by atoms with Crippen LogP contribution in [-0.2, 0) is 21.6 Å². The topological polar surface area (TPSA) is 65.2 Å². The molecule has 0 N–H and O–H groups in total. The van der Waals surface area contributed by atoms with E-state index in [0.717, 1.165) is 31.2 Å². The Hall–Kier alpha value is -1.88. The number of rotatable bonds is 5. The van der Waals surface area contributed by atoms with E-state index in [1.165, 1.54) is 0 Å². The Balaban J connectivity index is 1.74. The van der Waals surface area contributed by atoms with Crippen LogP contribution < -0.4 is 0 Å². The molecule has 6 heteroatoms. The summed E-state index contributed by atoms with van der Waals surface area (Å²) in [5.74, 6) is 0.894. The number of carbonyl (C=O) groups excluding carboxylic acids is 1. The van der Waals surface area contributed by atoms with Gasteiger partial charge in [0.25, 0.3) is 5.89 Å². The van der Waals surface area contributed by atoms with E-state index in [1.54, 1.807) is 0 Å². The maximum atomic E-state index is 12.8. The van der Waals surface area contributed by atoms with Crippen molar-refractivity contribution in [3.8, 4) is 0 Å². The molecule has 1 heterocycles. The number of esters is 1. The Labute approximate surface area is 146 Å². The van der Waals surface area contributed by atoms with Gasteiger partial charge in [-0.1, -0.05) is 55.6 Å². The Bertz CT molecular complexity index is 703. The first kappa shape index (κ1) is 17.0. The molecule has 0 atom stereocenters. The van der Waals surface area contributed by atoms with Crippen LogP contribution in [0, 0.1) is 0 Å². The lowest BCUT2D eigenvalue weighted by Gasteiger charge is -2.27. The number of benzene rings is 1. The molecule has 1 aliphatic carbocycles. The monoisotopic (exact) mass is 348 g/mol. The third-order valence-corrected chi connectivity index (χ3v) is 4.82. The number of aromatic nitrogens is 2. The van der Waals surface area contributed by atoms with Gasteiger partial charge in [0.15, 0.2) is 12.4 Å². The third-order valence-electron chi connectivity index (χ3n) is 4.57. The van der Waals surface area contributed by atoms with Gasteiger partial charge in [-0.2, -0.15) is 4.98 Å². The van der Waals surface area contributed by atoms with Crippen molar-refractivity contribution in [1.29, 1.82) is 0 Å². The summed E-state index contributed by atoms with van der Waals surface area (Å²) in [5, 5.41) is 4.54. The van der Waals surface area contributed by atoms with Gasteiger partial charge in [0.2, 0.25) is 0 Å². The Kier molecular flexibility index (Phi) is 4.90. The fourth-order valence-electron chi connectivity index (χ4n) is 3.18. The maximum absolute atomic E-state index is 12.8. The summed E-state index contributed by atoms with van der Waals surface area (Å²) in [7, 11) is 0. The van der Waals surface area contributed by atoms with Gasteiger partial charge in [-0.25, -0.2) is 0 Å². The van der Waals surface area contributed by atoms with Crippen LogP contribution in [-0.4, -0.2) is 16.1 Å². The SMILES string of the molecule is CC(C)c1noc(COC(=O)C2(c3ccc(Cl)cc3)CCCC2)n1. The summed E-state index contributed by atoms with van der Waals surface area (Å²) >= 11 is 5.97. The maximum Gasteiger partial charge on any atom is 0.317 e. The van der Waals surface area contributed by atoms with Crippen molar-refractivity contribution in [2.45, 2.75) is 57.5 Å². The van der Waals surface area contributed by atoms with Crippen molar-refractivity contribution in [1.82, 2.24) is 10.1 Å². The first-order valence-corrected chi connectivity index (χ1v) is 8.65. The van der Waals surface area contributed by atoms with E-state index in [0.29, 0.717) is 16.7 Å². The molecule has 0 spiro atoms. The lowest BCUT2D eigenvalue weighted by Crippen LogP contribution is -2.34. The zero-order valence-electron chi connectivity index (χ0n) is 13.9. The largest absolute Gasteiger partial charge is 0.455 e. The predicted molar refractivity (Wildman–Crippen MR) is 89.8 cm³/mol. The normalized spacial score (nSPS) is 16.5. The summed E-state index contributed by atoms with van der Waals surface area (Å²) in [5.41, 5.74) is 0.369. The molecular formula is C18H21ClN2O3. The first-order valence-electron chi connectivity index (χ1n) is 8.27. The van der Waals surface area contributed by atoms with Crippen LogP contribution in [0.1, 0.15) is 62.7 Å². The van der Waals surface area contributed by atoms with Crippen LogP contribution in [0.4, 0.5) is 0 Å². The lowest BCUT2D eigenvalue weighted by molar-refractivity contribution is -0.152. The summed E-state index contributed by atoms with van der Waals surface area (Å²) in [6.45, 7) is 3.97. The number of hydrogen-bond donors (Lipinski definition) is 0. The summed E-state index contributed by atoms with van der Waals surface area (Å²) < 4.78 is 10.7. The zero-order valence-corrected chi connectivity index (χ0v) is 14.7. The standard InChI is InChI=1S/C18H21ClN2O3/c1-12(2)16-20-15(24-21-16)11-23-17(22)18(9-3-4-10-18)13-5-7-14(19)8-6-13/h5-8,12H,3-4,9-11H2,1-2H3. The van der Waals surface area contributed by atoms with Crippen molar-refractivity contribution in [2.24, 2.45) is 0 Å². The number of nitrogens with zero attached hydrogens (tertiary/aromatic N) is 2. The highest BCUT2D eigenvalue weighted by Gasteiger charge is 2.44. The lowest BCUT2D eigenvalue weighted by atomic mass is 9.79. The average molecular weight is 349 g/mol. The fourth-order valence-corrected chi connectivity index (χ4v) is 3.31. The molecule has 0 radical (unpaired) electrons. The second kappa shape index (κ2) is 6.93. The molecule has 1 aromatic carbocycles. The minimum atomic E-state index is -0.592. The molecule has 0 unspecified atom stereocenters. The van der Waals surface area contributed by atoms with Crippen molar-refractivity contribution in [2.75, 3.05) is 0 Å². The van der Waals surface area contributed by atoms with Gasteiger partial charge in [-0.3, -0.25) is 4.79 Å². The average Bonchev–Trinajstić information content (AvgIpc) is 3.23. The minimum absolute atomic E-state index is 0.00783.